The number of amides is 2. The lowest BCUT2D eigenvalue weighted by atomic mass is 10.1. The molecule has 0 aliphatic rings. The predicted molar refractivity (Wildman–Crippen MR) is 110 cm³/mol. The highest BCUT2D eigenvalue weighted by molar-refractivity contribution is 6.31. The third kappa shape index (κ3) is 5.79. The number of hydrogen-bond acceptors (Lipinski definition) is 5. The van der Waals surface area contributed by atoms with Crippen LogP contribution in [-0.2, 0) is 11.2 Å². The molecule has 0 saturated heterocycles. The van der Waals surface area contributed by atoms with E-state index in [0.717, 1.165) is 5.56 Å². The van der Waals surface area contributed by atoms with Crippen LogP contribution in [0.3, 0.4) is 0 Å². The molecule has 0 fully saturated rings. The van der Waals surface area contributed by atoms with Crippen molar-refractivity contribution in [2.24, 2.45) is 0 Å². The van der Waals surface area contributed by atoms with Gasteiger partial charge in [0.2, 0.25) is 5.91 Å². The van der Waals surface area contributed by atoms with E-state index >= 15 is 0 Å². The fourth-order valence-corrected chi connectivity index (χ4v) is 2.79. The van der Waals surface area contributed by atoms with Gasteiger partial charge in [0.15, 0.2) is 11.5 Å². The summed E-state index contributed by atoms with van der Waals surface area (Å²) in [6.45, 7) is 0.490. The third-order valence-corrected chi connectivity index (χ3v) is 4.31. The van der Waals surface area contributed by atoms with Crippen molar-refractivity contribution in [2.75, 3.05) is 39.7 Å². The molecule has 0 spiro atoms. The average molecular weight is 406 g/mol. The van der Waals surface area contributed by atoms with Crippen LogP contribution in [0.5, 0.6) is 11.5 Å². The van der Waals surface area contributed by atoms with Crippen molar-refractivity contribution < 1.29 is 19.1 Å². The fraction of sp³-hybridized carbons (Fsp3) is 0.300. The monoisotopic (exact) mass is 405 g/mol. The maximum atomic E-state index is 12.1. The number of rotatable bonds is 9. The molecule has 2 aromatic carbocycles. The largest absolute Gasteiger partial charge is 0.493 e. The van der Waals surface area contributed by atoms with Crippen LogP contribution in [0.25, 0.3) is 0 Å². The summed E-state index contributed by atoms with van der Waals surface area (Å²) in [5.74, 6) is 0.861. The van der Waals surface area contributed by atoms with E-state index in [1.54, 1.807) is 39.5 Å². The second kappa shape index (κ2) is 10.4. The summed E-state index contributed by atoms with van der Waals surface area (Å²) in [6.07, 6.45) is 0.646. The Bertz CT molecular complexity index is 842. The van der Waals surface area contributed by atoms with Crippen molar-refractivity contribution in [3.05, 3.63) is 52.5 Å². The van der Waals surface area contributed by atoms with Crippen molar-refractivity contribution in [1.29, 1.82) is 0 Å². The Morgan fingerprint density at radius 2 is 1.79 bits per heavy atom. The maximum Gasteiger partial charge on any atom is 0.253 e. The molecule has 0 aliphatic carbocycles. The van der Waals surface area contributed by atoms with E-state index in [0.29, 0.717) is 40.7 Å². The first-order valence-electron chi connectivity index (χ1n) is 8.71. The van der Waals surface area contributed by atoms with E-state index < -0.39 is 0 Å². The predicted octanol–water partition coefficient (Wildman–Crippen LogP) is 2.49. The summed E-state index contributed by atoms with van der Waals surface area (Å²) >= 11 is 5.99. The number of halogens is 1. The Labute approximate surface area is 169 Å². The van der Waals surface area contributed by atoms with Gasteiger partial charge in [-0.1, -0.05) is 17.7 Å². The van der Waals surface area contributed by atoms with E-state index in [4.69, 9.17) is 21.1 Å². The number of carbonyl (C=O) groups is 2. The van der Waals surface area contributed by atoms with Crippen molar-refractivity contribution in [1.82, 2.24) is 10.6 Å². The molecule has 8 heteroatoms. The van der Waals surface area contributed by atoms with Gasteiger partial charge in [-0.3, -0.25) is 9.59 Å². The van der Waals surface area contributed by atoms with Crippen LogP contribution < -0.4 is 25.4 Å². The normalized spacial score (nSPS) is 10.1. The highest BCUT2D eigenvalue weighted by Gasteiger charge is 2.11. The molecular weight excluding hydrogens is 382 g/mol. The minimum absolute atomic E-state index is 0.0241. The van der Waals surface area contributed by atoms with Crippen molar-refractivity contribution >= 4 is 29.1 Å². The number of nitrogens with one attached hydrogen (secondary N) is 3. The lowest BCUT2D eigenvalue weighted by molar-refractivity contribution is -0.119. The molecule has 7 nitrogen and oxygen atoms in total. The minimum Gasteiger partial charge on any atom is -0.493 e. The first-order chi connectivity index (χ1) is 13.5. The molecule has 0 heterocycles. The SMILES string of the molecule is CNC(=O)c1ccc(Cl)cc1NCC(=O)NCCc1ccc(OC)c(OC)c1. The zero-order valence-electron chi connectivity index (χ0n) is 16.1. The molecule has 0 saturated carbocycles. The maximum absolute atomic E-state index is 12.1. The molecule has 0 unspecified atom stereocenters. The zero-order valence-corrected chi connectivity index (χ0v) is 16.9. The van der Waals surface area contributed by atoms with Crippen LogP contribution in [0.1, 0.15) is 15.9 Å². The number of hydrogen-bond donors (Lipinski definition) is 3. The van der Waals surface area contributed by atoms with Crippen LogP contribution in [-0.4, -0.2) is 46.2 Å². The summed E-state index contributed by atoms with van der Waals surface area (Å²) in [5, 5.41) is 8.83. The van der Waals surface area contributed by atoms with Gasteiger partial charge in [-0.2, -0.15) is 0 Å². The number of anilines is 1. The van der Waals surface area contributed by atoms with Gasteiger partial charge >= 0.3 is 0 Å². The Morgan fingerprint density at radius 3 is 2.46 bits per heavy atom. The van der Waals surface area contributed by atoms with Crippen LogP contribution >= 0.6 is 11.6 Å². The summed E-state index contributed by atoms with van der Waals surface area (Å²) in [4.78, 5) is 24.0. The number of benzene rings is 2. The van der Waals surface area contributed by atoms with E-state index in [2.05, 4.69) is 16.0 Å². The van der Waals surface area contributed by atoms with Crippen LogP contribution in [0, 0.1) is 0 Å². The van der Waals surface area contributed by atoms with Crippen LogP contribution in [0.15, 0.2) is 36.4 Å². The van der Waals surface area contributed by atoms with Gasteiger partial charge in [0.25, 0.3) is 5.91 Å². The van der Waals surface area contributed by atoms with Crippen molar-refractivity contribution in [3.8, 4) is 11.5 Å². The van der Waals surface area contributed by atoms with Crippen LogP contribution in [0.4, 0.5) is 5.69 Å². The van der Waals surface area contributed by atoms with Gasteiger partial charge in [-0.15, -0.1) is 0 Å². The molecule has 2 rings (SSSR count). The van der Waals surface area contributed by atoms with Gasteiger partial charge in [-0.05, 0) is 42.3 Å². The summed E-state index contributed by atoms with van der Waals surface area (Å²) in [7, 11) is 4.71. The van der Waals surface area contributed by atoms with Gasteiger partial charge < -0.3 is 25.4 Å². The quantitative estimate of drug-likeness (QED) is 0.596. The molecular formula is C20H24ClN3O4. The van der Waals surface area contributed by atoms with Gasteiger partial charge in [0.05, 0.1) is 26.3 Å². The molecule has 0 radical (unpaired) electrons. The molecule has 3 N–H and O–H groups in total. The number of ether oxygens (including phenoxy) is 2. The lowest BCUT2D eigenvalue weighted by Gasteiger charge is -2.12. The minimum atomic E-state index is -0.256. The molecule has 2 amide bonds. The molecule has 150 valence electrons. The van der Waals surface area contributed by atoms with Crippen molar-refractivity contribution in [2.45, 2.75) is 6.42 Å². The number of carbonyl (C=O) groups excluding carboxylic acids is 2. The third-order valence-electron chi connectivity index (χ3n) is 4.08. The smallest absolute Gasteiger partial charge is 0.253 e. The van der Waals surface area contributed by atoms with E-state index in [-0.39, 0.29) is 18.4 Å². The van der Waals surface area contributed by atoms with Gasteiger partial charge in [-0.25, -0.2) is 0 Å². The molecule has 28 heavy (non-hydrogen) atoms. The van der Waals surface area contributed by atoms with E-state index in [1.165, 1.54) is 0 Å². The van der Waals surface area contributed by atoms with Crippen molar-refractivity contribution in [3.63, 3.8) is 0 Å². The zero-order chi connectivity index (χ0) is 20.5. The number of methoxy groups -OCH3 is 2. The summed E-state index contributed by atoms with van der Waals surface area (Å²) < 4.78 is 10.5. The molecule has 0 atom stereocenters. The highest BCUT2D eigenvalue weighted by atomic mass is 35.5. The topological polar surface area (TPSA) is 88.7 Å². The second-order valence-corrected chi connectivity index (χ2v) is 6.35. The van der Waals surface area contributed by atoms with E-state index in [9.17, 15) is 9.59 Å². The standard InChI is InChI=1S/C20H24ClN3O4/c1-22-20(26)15-6-5-14(21)11-16(15)24-12-19(25)23-9-8-13-4-7-17(27-2)18(10-13)28-3/h4-7,10-11,24H,8-9,12H2,1-3H3,(H,22,26)(H,23,25). The molecule has 0 aliphatic heterocycles. The lowest BCUT2D eigenvalue weighted by Crippen LogP contribution is -2.32. The Kier molecular flexibility index (Phi) is 7.95. The summed E-state index contributed by atoms with van der Waals surface area (Å²) in [5.41, 5.74) is 1.94. The Morgan fingerprint density at radius 1 is 1.04 bits per heavy atom. The molecule has 0 aromatic heterocycles. The molecule has 0 bridgehead atoms. The van der Waals surface area contributed by atoms with Crippen LogP contribution in [0.2, 0.25) is 5.02 Å². The first kappa shape index (κ1) is 21.4. The average Bonchev–Trinajstić information content (AvgIpc) is 2.71. The summed E-state index contributed by atoms with van der Waals surface area (Å²) in [6, 6.07) is 10.5. The van der Waals surface area contributed by atoms with Gasteiger partial charge in [0.1, 0.15) is 0 Å². The fourth-order valence-electron chi connectivity index (χ4n) is 2.62. The first-order valence-corrected chi connectivity index (χ1v) is 9.09. The highest BCUT2D eigenvalue weighted by Crippen LogP contribution is 2.27. The van der Waals surface area contributed by atoms with Gasteiger partial charge in [0, 0.05) is 24.3 Å². The van der Waals surface area contributed by atoms with E-state index in [1.807, 2.05) is 18.2 Å². The molecule has 2 aromatic rings. The Hall–Kier alpha value is -2.93. The second-order valence-electron chi connectivity index (χ2n) is 5.91. The Balaban J connectivity index is 1.87.